The molecule has 102 valence electrons. The number of aromatic nitrogens is 1. The maximum atomic E-state index is 12.3. The van der Waals surface area contributed by atoms with Gasteiger partial charge in [0.2, 0.25) is 0 Å². The predicted molar refractivity (Wildman–Crippen MR) is 78.6 cm³/mol. The first kappa shape index (κ1) is 14.3. The number of hydrogen-bond acceptors (Lipinski definition) is 4. The highest BCUT2D eigenvalue weighted by atomic mass is 35.5. The normalized spacial score (nSPS) is 11.6. The zero-order valence-corrected chi connectivity index (χ0v) is 13.1. The lowest BCUT2D eigenvalue weighted by molar-refractivity contribution is 0.601. The zero-order valence-electron chi connectivity index (χ0n) is 10.7. The van der Waals surface area contributed by atoms with E-state index in [-0.39, 0.29) is 0 Å². The third kappa shape index (κ3) is 3.08. The Labute approximate surface area is 121 Å². The number of aryl methyl sites for hydroxylation is 3. The molecule has 0 amide bonds. The van der Waals surface area contributed by atoms with E-state index in [9.17, 15) is 8.42 Å². The molecule has 0 saturated heterocycles. The SMILES string of the molecule is Cc1cc(S(=O)(=O)Nc2cnc(Cl)c(C)c2)c(C)s1. The van der Waals surface area contributed by atoms with Crippen molar-refractivity contribution in [2.75, 3.05) is 4.72 Å². The van der Waals surface area contributed by atoms with Crippen molar-refractivity contribution in [3.63, 3.8) is 0 Å². The number of nitrogens with one attached hydrogen (secondary N) is 1. The molecule has 0 radical (unpaired) electrons. The van der Waals surface area contributed by atoms with Gasteiger partial charge in [0.15, 0.2) is 0 Å². The summed E-state index contributed by atoms with van der Waals surface area (Å²) in [5.74, 6) is 0. The Hall–Kier alpha value is -1.11. The Morgan fingerprint density at radius 2 is 1.95 bits per heavy atom. The summed E-state index contributed by atoms with van der Waals surface area (Å²) in [7, 11) is -3.58. The van der Waals surface area contributed by atoms with Gasteiger partial charge in [0.05, 0.1) is 11.9 Å². The molecule has 2 heterocycles. The summed E-state index contributed by atoms with van der Waals surface area (Å²) in [5, 5.41) is 0.366. The molecule has 7 heteroatoms. The minimum absolute atomic E-state index is 0.308. The van der Waals surface area contributed by atoms with Gasteiger partial charge in [0, 0.05) is 9.75 Å². The van der Waals surface area contributed by atoms with E-state index in [2.05, 4.69) is 9.71 Å². The van der Waals surface area contributed by atoms with E-state index in [1.165, 1.54) is 17.5 Å². The first-order chi connectivity index (χ1) is 8.79. The quantitative estimate of drug-likeness (QED) is 0.881. The van der Waals surface area contributed by atoms with Crippen molar-refractivity contribution >= 4 is 38.6 Å². The largest absolute Gasteiger partial charge is 0.278 e. The summed E-state index contributed by atoms with van der Waals surface area (Å²) in [4.78, 5) is 5.96. The summed E-state index contributed by atoms with van der Waals surface area (Å²) in [6, 6.07) is 3.32. The van der Waals surface area contributed by atoms with E-state index in [1.807, 2.05) is 6.92 Å². The van der Waals surface area contributed by atoms with Crippen LogP contribution in [0.3, 0.4) is 0 Å². The second-order valence-corrected chi connectivity index (χ2v) is 7.68. The molecule has 2 aromatic rings. The average molecular weight is 317 g/mol. The van der Waals surface area contributed by atoms with E-state index in [1.54, 1.807) is 26.0 Å². The molecule has 0 aliphatic carbocycles. The van der Waals surface area contributed by atoms with E-state index < -0.39 is 10.0 Å². The molecular formula is C12H13ClN2O2S2. The molecular weight excluding hydrogens is 304 g/mol. The molecule has 0 bridgehead atoms. The molecule has 0 saturated carbocycles. The highest BCUT2D eigenvalue weighted by Crippen LogP contribution is 2.27. The fraction of sp³-hybridized carbons (Fsp3) is 0.250. The number of sulfonamides is 1. The van der Waals surface area contributed by atoms with Crippen LogP contribution in [0.4, 0.5) is 5.69 Å². The molecule has 0 spiro atoms. The van der Waals surface area contributed by atoms with Crippen LogP contribution in [0.2, 0.25) is 5.15 Å². The number of pyridine rings is 1. The van der Waals surface area contributed by atoms with Crippen LogP contribution in [-0.2, 0) is 10.0 Å². The first-order valence-corrected chi connectivity index (χ1v) is 8.19. The maximum absolute atomic E-state index is 12.3. The number of halogens is 1. The molecule has 0 aliphatic heterocycles. The zero-order chi connectivity index (χ0) is 14.2. The maximum Gasteiger partial charge on any atom is 0.263 e. The minimum Gasteiger partial charge on any atom is -0.278 e. The highest BCUT2D eigenvalue weighted by Gasteiger charge is 2.19. The lowest BCUT2D eigenvalue weighted by atomic mass is 10.3. The molecule has 0 fully saturated rings. The topological polar surface area (TPSA) is 59.1 Å². The van der Waals surface area contributed by atoms with Gasteiger partial charge in [-0.25, -0.2) is 13.4 Å². The van der Waals surface area contributed by atoms with Crippen LogP contribution in [0.25, 0.3) is 0 Å². The molecule has 0 atom stereocenters. The van der Waals surface area contributed by atoms with Gasteiger partial charge in [-0.15, -0.1) is 11.3 Å². The van der Waals surface area contributed by atoms with E-state index >= 15 is 0 Å². The summed E-state index contributed by atoms with van der Waals surface area (Å²) in [6.07, 6.45) is 1.40. The Kier molecular flexibility index (Phi) is 3.85. The van der Waals surface area contributed by atoms with Crippen LogP contribution in [-0.4, -0.2) is 13.4 Å². The van der Waals surface area contributed by atoms with Crippen LogP contribution in [0, 0.1) is 20.8 Å². The number of thiophene rings is 1. The van der Waals surface area contributed by atoms with Crippen LogP contribution in [0.5, 0.6) is 0 Å². The predicted octanol–water partition coefficient (Wildman–Crippen LogP) is 3.52. The first-order valence-electron chi connectivity index (χ1n) is 5.51. The summed E-state index contributed by atoms with van der Waals surface area (Å²) < 4.78 is 27.0. The fourth-order valence-electron chi connectivity index (χ4n) is 1.70. The number of rotatable bonds is 3. The highest BCUT2D eigenvalue weighted by molar-refractivity contribution is 7.93. The molecule has 19 heavy (non-hydrogen) atoms. The van der Waals surface area contributed by atoms with Crippen LogP contribution in [0.1, 0.15) is 15.3 Å². The molecule has 2 rings (SSSR count). The van der Waals surface area contributed by atoms with Gasteiger partial charge in [0.1, 0.15) is 10.0 Å². The van der Waals surface area contributed by atoms with Crippen molar-refractivity contribution in [2.45, 2.75) is 25.7 Å². The van der Waals surface area contributed by atoms with Crippen LogP contribution < -0.4 is 4.72 Å². The van der Waals surface area contributed by atoms with E-state index in [0.717, 1.165) is 15.3 Å². The van der Waals surface area contributed by atoms with Crippen molar-refractivity contribution in [1.82, 2.24) is 4.98 Å². The molecule has 1 N–H and O–H groups in total. The smallest absolute Gasteiger partial charge is 0.263 e. The minimum atomic E-state index is -3.58. The average Bonchev–Trinajstić information content (AvgIpc) is 2.63. The Morgan fingerprint density at radius 3 is 2.47 bits per heavy atom. The van der Waals surface area contributed by atoms with Gasteiger partial charge < -0.3 is 0 Å². The standard InChI is InChI=1S/C12H13ClN2O2S2/c1-7-4-10(6-14-12(7)13)15-19(16,17)11-5-8(2)18-9(11)3/h4-6,15H,1-3H3. The summed E-state index contributed by atoms with van der Waals surface area (Å²) in [6.45, 7) is 5.44. The van der Waals surface area contributed by atoms with E-state index in [0.29, 0.717) is 15.7 Å². The Bertz CT molecular complexity index is 723. The lowest BCUT2D eigenvalue weighted by Gasteiger charge is -2.08. The van der Waals surface area contributed by atoms with Gasteiger partial charge >= 0.3 is 0 Å². The number of hydrogen-bond donors (Lipinski definition) is 1. The summed E-state index contributed by atoms with van der Waals surface area (Å²) in [5.41, 5.74) is 1.13. The Balaban J connectivity index is 2.36. The molecule has 0 aliphatic rings. The second-order valence-electron chi connectivity index (χ2n) is 4.21. The molecule has 0 unspecified atom stereocenters. The van der Waals surface area contributed by atoms with Gasteiger partial charge in [-0.2, -0.15) is 0 Å². The van der Waals surface area contributed by atoms with Crippen molar-refractivity contribution in [2.24, 2.45) is 0 Å². The van der Waals surface area contributed by atoms with Crippen molar-refractivity contribution in [1.29, 1.82) is 0 Å². The second kappa shape index (κ2) is 5.11. The third-order valence-corrected chi connectivity index (χ3v) is 5.55. The summed E-state index contributed by atoms with van der Waals surface area (Å²) >= 11 is 7.27. The van der Waals surface area contributed by atoms with Gasteiger partial charge in [-0.1, -0.05) is 11.6 Å². The molecule has 0 aromatic carbocycles. The van der Waals surface area contributed by atoms with Crippen molar-refractivity contribution in [3.05, 3.63) is 38.8 Å². The van der Waals surface area contributed by atoms with Crippen LogP contribution >= 0.6 is 22.9 Å². The molecule has 2 aromatic heterocycles. The Morgan fingerprint density at radius 1 is 1.26 bits per heavy atom. The van der Waals surface area contributed by atoms with Crippen LogP contribution in [0.15, 0.2) is 23.2 Å². The van der Waals surface area contributed by atoms with Crippen molar-refractivity contribution < 1.29 is 8.42 Å². The number of nitrogens with zero attached hydrogens (tertiary/aromatic N) is 1. The van der Waals surface area contributed by atoms with Gasteiger partial charge in [-0.3, -0.25) is 4.72 Å². The monoisotopic (exact) mass is 316 g/mol. The van der Waals surface area contributed by atoms with Gasteiger partial charge in [0.25, 0.3) is 10.0 Å². The van der Waals surface area contributed by atoms with Gasteiger partial charge in [-0.05, 0) is 38.5 Å². The van der Waals surface area contributed by atoms with E-state index in [4.69, 9.17) is 11.6 Å². The van der Waals surface area contributed by atoms with Crippen molar-refractivity contribution in [3.8, 4) is 0 Å². The third-order valence-electron chi connectivity index (χ3n) is 2.55. The molecule has 4 nitrogen and oxygen atoms in total. The lowest BCUT2D eigenvalue weighted by Crippen LogP contribution is -2.13. The number of anilines is 1. The fourth-order valence-corrected chi connectivity index (χ4v) is 4.39.